The Balaban J connectivity index is 1.18. The number of aromatic nitrogens is 1. The molecule has 186 valence electrons. The van der Waals surface area contributed by atoms with Gasteiger partial charge in [0.2, 0.25) is 5.76 Å². The third kappa shape index (κ3) is 5.74. The van der Waals surface area contributed by atoms with Crippen molar-refractivity contribution in [3.8, 4) is 0 Å². The molecule has 0 bridgehead atoms. The molecule has 0 radical (unpaired) electrons. The van der Waals surface area contributed by atoms with Crippen molar-refractivity contribution in [3.05, 3.63) is 108 Å². The van der Waals surface area contributed by atoms with Crippen LogP contribution in [-0.4, -0.2) is 49.1 Å². The highest BCUT2D eigenvalue weighted by Crippen LogP contribution is 2.19. The fourth-order valence-electron chi connectivity index (χ4n) is 3.95. The van der Waals surface area contributed by atoms with E-state index in [1.807, 2.05) is 12.1 Å². The van der Waals surface area contributed by atoms with E-state index in [1.54, 1.807) is 60.7 Å². The second-order valence-electron chi connectivity index (χ2n) is 8.42. The minimum Gasteiger partial charge on any atom is -0.378 e. The Morgan fingerprint density at radius 2 is 1.22 bits per heavy atom. The molecule has 0 unspecified atom stereocenters. The highest BCUT2D eigenvalue weighted by atomic mass is 16.5. The number of carbonyl (C=O) groups is 3. The van der Waals surface area contributed by atoms with Crippen LogP contribution in [0.25, 0.3) is 0 Å². The standard InChI is InChI=1S/C28H24N4O5/c33-26(20-3-9-23(10-4-20)31-28(35)25-13-14-29-37-25)19-1-7-22(8-2-19)30-27(34)21-5-11-24(12-6-21)32-15-17-36-18-16-32/h1-14H,15-18H2,(H,30,34)(H,31,35). The molecule has 5 rings (SSSR count). The number of nitrogens with zero attached hydrogens (tertiary/aromatic N) is 2. The second kappa shape index (κ2) is 10.9. The molecule has 9 heteroatoms. The number of rotatable bonds is 7. The average Bonchev–Trinajstić information content (AvgIpc) is 3.50. The van der Waals surface area contributed by atoms with Crippen LogP contribution in [0.2, 0.25) is 0 Å². The molecule has 2 N–H and O–H groups in total. The van der Waals surface area contributed by atoms with E-state index in [4.69, 9.17) is 9.26 Å². The van der Waals surface area contributed by atoms with E-state index in [0.29, 0.717) is 41.3 Å². The first-order valence-corrected chi connectivity index (χ1v) is 11.8. The van der Waals surface area contributed by atoms with E-state index in [2.05, 4.69) is 20.7 Å². The third-order valence-corrected chi connectivity index (χ3v) is 5.98. The molecule has 1 fully saturated rings. The van der Waals surface area contributed by atoms with Crippen molar-refractivity contribution in [3.63, 3.8) is 0 Å². The Labute approximate surface area is 213 Å². The highest BCUT2D eigenvalue weighted by molar-refractivity contribution is 6.10. The Hall–Kier alpha value is -4.76. The summed E-state index contributed by atoms with van der Waals surface area (Å²) in [6, 6.07) is 22.2. The number of benzene rings is 3. The Morgan fingerprint density at radius 3 is 1.76 bits per heavy atom. The van der Waals surface area contributed by atoms with Gasteiger partial charge < -0.3 is 24.8 Å². The van der Waals surface area contributed by atoms with Gasteiger partial charge in [0.05, 0.1) is 19.4 Å². The molecule has 2 heterocycles. The topological polar surface area (TPSA) is 114 Å². The molecule has 37 heavy (non-hydrogen) atoms. The van der Waals surface area contributed by atoms with Crippen molar-refractivity contribution in [2.24, 2.45) is 0 Å². The molecule has 9 nitrogen and oxygen atoms in total. The van der Waals surface area contributed by atoms with Gasteiger partial charge in [0.1, 0.15) is 0 Å². The monoisotopic (exact) mass is 496 g/mol. The Morgan fingerprint density at radius 1 is 0.676 bits per heavy atom. The summed E-state index contributed by atoms with van der Waals surface area (Å²) in [5.41, 5.74) is 3.67. The van der Waals surface area contributed by atoms with Crippen molar-refractivity contribution in [2.75, 3.05) is 41.8 Å². The molecule has 1 aromatic heterocycles. The third-order valence-electron chi connectivity index (χ3n) is 5.98. The maximum absolute atomic E-state index is 12.9. The summed E-state index contributed by atoms with van der Waals surface area (Å²) in [4.78, 5) is 39.8. The van der Waals surface area contributed by atoms with Crippen LogP contribution in [-0.2, 0) is 4.74 Å². The maximum Gasteiger partial charge on any atom is 0.294 e. The van der Waals surface area contributed by atoms with Gasteiger partial charge in [-0.05, 0) is 72.8 Å². The van der Waals surface area contributed by atoms with E-state index in [0.717, 1.165) is 18.8 Å². The normalized spacial score (nSPS) is 13.1. The van der Waals surface area contributed by atoms with Crippen molar-refractivity contribution in [1.29, 1.82) is 0 Å². The van der Waals surface area contributed by atoms with Crippen molar-refractivity contribution in [1.82, 2.24) is 5.16 Å². The number of hydrogen-bond acceptors (Lipinski definition) is 7. The van der Waals surface area contributed by atoms with E-state index in [9.17, 15) is 14.4 Å². The van der Waals surface area contributed by atoms with Crippen molar-refractivity contribution < 1.29 is 23.6 Å². The lowest BCUT2D eigenvalue weighted by atomic mass is 10.0. The number of ether oxygens (including phenoxy) is 1. The van der Waals surface area contributed by atoms with Gasteiger partial charge in [0, 0.05) is 52.9 Å². The number of nitrogens with one attached hydrogen (secondary N) is 2. The fraction of sp³-hybridized carbons (Fsp3) is 0.143. The summed E-state index contributed by atoms with van der Waals surface area (Å²) >= 11 is 0. The first kappa shape index (κ1) is 24.0. The first-order valence-electron chi connectivity index (χ1n) is 11.8. The minimum atomic E-state index is -0.428. The van der Waals surface area contributed by atoms with Crippen LogP contribution in [0.1, 0.15) is 36.8 Å². The van der Waals surface area contributed by atoms with Crippen molar-refractivity contribution in [2.45, 2.75) is 0 Å². The molecule has 1 saturated heterocycles. The van der Waals surface area contributed by atoms with Crippen LogP contribution in [0.4, 0.5) is 17.1 Å². The molecule has 1 aliphatic rings. The number of morpholine rings is 1. The summed E-state index contributed by atoms with van der Waals surface area (Å²) in [7, 11) is 0. The van der Waals surface area contributed by atoms with Crippen LogP contribution in [0.3, 0.4) is 0 Å². The summed E-state index contributed by atoms with van der Waals surface area (Å²) in [6.07, 6.45) is 1.39. The molecular weight excluding hydrogens is 472 g/mol. The van der Waals surface area contributed by atoms with E-state index in [1.165, 1.54) is 12.3 Å². The predicted octanol–water partition coefficient (Wildman–Crippen LogP) is 4.25. The zero-order valence-corrected chi connectivity index (χ0v) is 19.8. The average molecular weight is 497 g/mol. The molecule has 0 saturated carbocycles. The second-order valence-corrected chi connectivity index (χ2v) is 8.42. The zero-order valence-electron chi connectivity index (χ0n) is 19.8. The number of ketones is 1. The molecule has 0 aliphatic carbocycles. The lowest BCUT2D eigenvalue weighted by molar-refractivity contribution is 0.0986. The maximum atomic E-state index is 12.9. The minimum absolute atomic E-state index is 0.0948. The van der Waals surface area contributed by atoms with Gasteiger partial charge in [0.25, 0.3) is 11.8 Å². The van der Waals surface area contributed by atoms with Gasteiger partial charge in [-0.15, -0.1) is 0 Å². The summed E-state index contributed by atoms with van der Waals surface area (Å²) in [6.45, 7) is 3.08. The Kier molecular flexibility index (Phi) is 7.05. The summed E-state index contributed by atoms with van der Waals surface area (Å²) in [5.74, 6) is -0.736. The molecule has 2 amide bonds. The number of anilines is 3. The number of amides is 2. The van der Waals surface area contributed by atoms with Crippen LogP contribution < -0.4 is 15.5 Å². The molecular formula is C28H24N4O5. The number of carbonyl (C=O) groups excluding carboxylic acids is 3. The number of hydrogen-bond donors (Lipinski definition) is 2. The predicted molar refractivity (Wildman–Crippen MR) is 138 cm³/mol. The van der Waals surface area contributed by atoms with Crippen LogP contribution in [0.5, 0.6) is 0 Å². The summed E-state index contributed by atoms with van der Waals surface area (Å²) in [5, 5.41) is 9.05. The zero-order chi connectivity index (χ0) is 25.6. The van der Waals surface area contributed by atoms with E-state index < -0.39 is 5.91 Å². The highest BCUT2D eigenvalue weighted by Gasteiger charge is 2.14. The quantitative estimate of drug-likeness (QED) is 0.368. The van der Waals surface area contributed by atoms with E-state index >= 15 is 0 Å². The van der Waals surface area contributed by atoms with Gasteiger partial charge in [-0.3, -0.25) is 14.4 Å². The van der Waals surface area contributed by atoms with Crippen LogP contribution in [0.15, 0.2) is 89.6 Å². The summed E-state index contributed by atoms with van der Waals surface area (Å²) < 4.78 is 10.2. The van der Waals surface area contributed by atoms with Gasteiger partial charge in [-0.2, -0.15) is 0 Å². The van der Waals surface area contributed by atoms with Gasteiger partial charge in [0.15, 0.2) is 5.78 Å². The first-order chi connectivity index (χ1) is 18.1. The van der Waals surface area contributed by atoms with Crippen LogP contribution >= 0.6 is 0 Å². The molecule has 0 spiro atoms. The molecule has 1 aliphatic heterocycles. The SMILES string of the molecule is O=C(Nc1ccc(C(=O)c2ccc(NC(=O)c3ccno3)cc2)cc1)c1ccc(N2CCOCC2)cc1. The van der Waals surface area contributed by atoms with Gasteiger partial charge in [-0.1, -0.05) is 5.16 Å². The van der Waals surface area contributed by atoms with Crippen LogP contribution in [0, 0.1) is 0 Å². The van der Waals surface area contributed by atoms with E-state index in [-0.39, 0.29) is 17.5 Å². The lowest BCUT2D eigenvalue weighted by Gasteiger charge is -2.28. The fourth-order valence-corrected chi connectivity index (χ4v) is 3.95. The van der Waals surface area contributed by atoms with Gasteiger partial charge in [-0.25, -0.2) is 0 Å². The Bertz CT molecular complexity index is 1380. The lowest BCUT2D eigenvalue weighted by Crippen LogP contribution is -2.36. The largest absolute Gasteiger partial charge is 0.378 e. The van der Waals surface area contributed by atoms with Crippen molar-refractivity contribution >= 4 is 34.7 Å². The molecule has 3 aromatic carbocycles. The smallest absolute Gasteiger partial charge is 0.294 e. The molecule has 0 atom stereocenters. The molecule has 4 aromatic rings. The van der Waals surface area contributed by atoms with Gasteiger partial charge >= 0.3 is 0 Å².